The molecule has 1 heterocycles. The van der Waals surface area contributed by atoms with Gasteiger partial charge in [0.05, 0.1) is 13.2 Å². The van der Waals surface area contributed by atoms with E-state index in [-0.39, 0.29) is 0 Å². The van der Waals surface area contributed by atoms with Crippen LogP contribution in [0.1, 0.15) is 24.1 Å². The van der Waals surface area contributed by atoms with E-state index >= 15 is 0 Å². The number of nitriles is 1. The van der Waals surface area contributed by atoms with E-state index in [0.29, 0.717) is 18.9 Å². The van der Waals surface area contributed by atoms with E-state index in [1.165, 1.54) is 0 Å². The fraction of sp³-hybridized carbons (Fsp3) is 0.643. The van der Waals surface area contributed by atoms with Crippen LogP contribution >= 0.6 is 0 Å². The molecule has 5 heteroatoms. The van der Waals surface area contributed by atoms with Gasteiger partial charge in [0.1, 0.15) is 11.8 Å². The van der Waals surface area contributed by atoms with Crippen molar-refractivity contribution >= 4 is 0 Å². The molecule has 0 radical (unpaired) electrons. The van der Waals surface area contributed by atoms with E-state index < -0.39 is 0 Å². The number of hydrogen-bond donors (Lipinski definition) is 1. The fourth-order valence-electron chi connectivity index (χ4n) is 1.77. The van der Waals surface area contributed by atoms with E-state index in [1.54, 1.807) is 7.11 Å². The summed E-state index contributed by atoms with van der Waals surface area (Å²) >= 11 is 0. The Hall–Kier alpha value is -1.35. The third-order valence-corrected chi connectivity index (χ3v) is 2.83. The summed E-state index contributed by atoms with van der Waals surface area (Å²) in [7, 11) is 3.56. The maximum Gasteiger partial charge on any atom is 0.120 e. The summed E-state index contributed by atoms with van der Waals surface area (Å²) in [4.78, 5) is 0. The first-order valence-electron chi connectivity index (χ1n) is 6.60. The molecule has 0 spiro atoms. The molecular formula is C14H23N3O2. The Bertz CT molecular complexity index is 396. The highest BCUT2D eigenvalue weighted by Crippen LogP contribution is 2.05. The average Bonchev–Trinajstić information content (AvgIpc) is 2.77. The lowest BCUT2D eigenvalue weighted by atomic mass is 10.3. The van der Waals surface area contributed by atoms with Crippen LogP contribution in [0.2, 0.25) is 0 Å². The van der Waals surface area contributed by atoms with Crippen molar-refractivity contribution in [3.8, 4) is 6.07 Å². The number of nitrogens with one attached hydrogen (secondary N) is 1. The maximum absolute atomic E-state index is 8.85. The lowest BCUT2D eigenvalue weighted by molar-refractivity contribution is 0.0688. The van der Waals surface area contributed by atoms with Crippen LogP contribution in [0.5, 0.6) is 0 Å². The van der Waals surface area contributed by atoms with E-state index in [1.807, 2.05) is 23.9 Å². The minimum atomic E-state index is 0.660. The van der Waals surface area contributed by atoms with Crippen LogP contribution in [0.4, 0.5) is 0 Å². The van der Waals surface area contributed by atoms with Crippen LogP contribution in [0.25, 0.3) is 0 Å². The van der Waals surface area contributed by atoms with Gasteiger partial charge in [0.15, 0.2) is 0 Å². The van der Waals surface area contributed by atoms with Crippen LogP contribution in [0, 0.1) is 11.3 Å². The van der Waals surface area contributed by atoms with E-state index in [4.69, 9.17) is 14.7 Å². The third-order valence-electron chi connectivity index (χ3n) is 2.83. The third kappa shape index (κ3) is 6.39. The number of unbranched alkanes of at least 4 members (excludes halogenated alkanes) is 1. The van der Waals surface area contributed by atoms with Gasteiger partial charge in [-0.2, -0.15) is 5.26 Å². The molecule has 0 atom stereocenters. The van der Waals surface area contributed by atoms with Crippen molar-refractivity contribution in [3.63, 3.8) is 0 Å². The van der Waals surface area contributed by atoms with E-state index in [2.05, 4.69) is 11.4 Å². The van der Waals surface area contributed by atoms with Crippen molar-refractivity contribution in [1.82, 2.24) is 9.88 Å². The molecule has 1 rings (SSSR count). The largest absolute Gasteiger partial charge is 0.382 e. The molecule has 19 heavy (non-hydrogen) atoms. The zero-order chi connectivity index (χ0) is 13.9. The summed E-state index contributed by atoms with van der Waals surface area (Å²) in [6, 6.07) is 4.08. The first-order chi connectivity index (χ1) is 9.27. The number of aryl methyl sites for hydroxylation is 1. The molecule has 0 bridgehead atoms. The van der Waals surface area contributed by atoms with Gasteiger partial charge >= 0.3 is 0 Å². The Morgan fingerprint density at radius 1 is 1.32 bits per heavy atom. The first kappa shape index (κ1) is 15.7. The summed E-state index contributed by atoms with van der Waals surface area (Å²) in [6.45, 7) is 3.89. The number of nitrogens with zero attached hydrogens (tertiary/aromatic N) is 2. The van der Waals surface area contributed by atoms with Crippen LogP contribution < -0.4 is 5.32 Å². The van der Waals surface area contributed by atoms with Gasteiger partial charge in [-0.3, -0.25) is 0 Å². The summed E-state index contributed by atoms with van der Waals surface area (Å²) in [5.74, 6) is 0. The van der Waals surface area contributed by atoms with Gasteiger partial charge in [-0.15, -0.1) is 0 Å². The standard InChI is InChI=1S/C14H23N3O2/c1-17-12-13(9-14(17)10-15)11-16-5-3-4-6-19-8-7-18-2/h9,12,16H,3-8,11H2,1-2H3. The van der Waals surface area contributed by atoms with Crippen LogP contribution in [-0.4, -0.2) is 38.0 Å². The Labute approximate surface area is 115 Å². The van der Waals surface area contributed by atoms with Crippen molar-refractivity contribution < 1.29 is 9.47 Å². The molecule has 5 nitrogen and oxygen atoms in total. The Morgan fingerprint density at radius 3 is 2.84 bits per heavy atom. The summed E-state index contributed by atoms with van der Waals surface area (Å²) in [6.07, 6.45) is 4.12. The van der Waals surface area contributed by atoms with Crippen molar-refractivity contribution in [2.75, 3.05) is 33.5 Å². The molecule has 1 N–H and O–H groups in total. The first-order valence-corrected chi connectivity index (χ1v) is 6.60. The smallest absolute Gasteiger partial charge is 0.120 e. The molecule has 0 aromatic carbocycles. The van der Waals surface area contributed by atoms with Gasteiger partial charge in [-0.05, 0) is 31.0 Å². The van der Waals surface area contributed by atoms with E-state index in [0.717, 1.165) is 38.1 Å². The second-order valence-electron chi connectivity index (χ2n) is 4.45. The van der Waals surface area contributed by atoms with Crippen LogP contribution in [-0.2, 0) is 23.1 Å². The average molecular weight is 265 g/mol. The summed E-state index contributed by atoms with van der Waals surface area (Å²) < 4.78 is 12.1. The molecule has 1 aromatic heterocycles. The Morgan fingerprint density at radius 2 is 2.16 bits per heavy atom. The Balaban J connectivity index is 2.00. The number of rotatable bonds is 10. The lowest BCUT2D eigenvalue weighted by Gasteiger charge is -2.04. The highest BCUT2D eigenvalue weighted by atomic mass is 16.5. The van der Waals surface area contributed by atoms with Crippen LogP contribution in [0.15, 0.2) is 12.3 Å². The quantitative estimate of drug-likeness (QED) is 0.650. The zero-order valence-electron chi connectivity index (χ0n) is 11.8. The van der Waals surface area contributed by atoms with Gasteiger partial charge < -0.3 is 19.4 Å². The minimum Gasteiger partial charge on any atom is -0.382 e. The number of aromatic nitrogens is 1. The summed E-state index contributed by atoms with van der Waals surface area (Å²) in [5, 5.41) is 12.2. The molecule has 0 unspecified atom stereocenters. The molecular weight excluding hydrogens is 242 g/mol. The van der Waals surface area contributed by atoms with Crippen molar-refractivity contribution in [2.24, 2.45) is 7.05 Å². The molecule has 0 saturated heterocycles. The van der Waals surface area contributed by atoms with Crippen molar-refractivity contribution in [3.05, 3.63) is 23.5 Å². The predicted octanol–water partition coefficient (Wildman–Crippen LogP) is 1.43. The van der Waals surface area contributed by atoms with Gasteiger partial charge in [0.2, 0.25) is 0 Å². The van der Waals surface area contributed by atoms with E-state index in [9.17, 15) is 0 Å². The second-order valence-corrected chi connectivity index (χ2v) is 4.45. The topological polar surface area (TPSA) is 59.2 Å². The highest BCUT2D eigenvalue weighted by Gasteiger charge is 2.01. The fourth-order valence-corrected chi connectivity index (χ4v) is 1.77. The highest BCUT2D eigenvalue weighted by molar-refractivity contribution is 5.28. The molecule has 0 saturated carbocycles. The molecule has 106 valence electrons. The van der Waals surface area contributed by atoms with Gasteiger partial charge in [0, 0.05) is 33.5 Å². The molecule has 0 aliphatic heterocycles. The van der Waals surface area contributed by atoms with Crippen molar-refractivity contribution in [1.29, 1.82) is 5.26 Å². The van der Waals surface area contributed by atoms with Crippen molar-refractivity contribution in [2.45, 2.75) is 19.4 Å². The number of hydrogen-bond acceptors (Lipinski definition) is 4. The lowest BCUT2D eigenvalue weighted by Crippen LogP contribution is -2.15. The molecule has 0 aliphatic rings. The minimum absolute atomic E-state index is 0.660. The maximum atomic E-state index is 8.85. The molecule has 1 aromatic rings. The monoisotopic (exact) mass is 265 g/mol. The molecule has 0 fully saturated rings. The normalized spacial score (nSPS) is 10.6. The zero-order valence-corrected chi connectivity index (χ0v) is 11.8. The molecule has 0 aliphatic carbocycles. The van der Waals surface area contributed by atoms with Gasteiger partial charge in [0.25, 0.3) is 0 Å². The predicted molar refractivity (Wildman–Crippen MR) is 73.8 cm³/mol. The van der Waals surface area contributed by atoms with Gasteiger partial charge in [-0.25, -0.2) is 0 Å². The summed E-state index contributed by atoms with van der Waals surface area (Å²) in [5.41, 5.74) is 1.85. The number of methoxy groups -OCH3 is 1. The van der Waals surface area contributed by atoms with Gasteiger partial charge in [-0.1, -0.05) is 0 Å². The SMILES string of the molecule is COCCOCCCCNCc1cc(C#N)n(C)c1. The molecule has 0 amide bonds. The second kappa shape index (κ2) is 9.56. The number of ether oxygens (including phenoxy) is 2. The Kier molecular flexibility index (Phi) is 7.91. The van der Waals surface area contributed by atoms with Crippen LogP contribution in [0.3, 0.4) is 0 Å².